The second-order valence-corrected chi connectivity index (χ2v) is 7.54. The van der Waals surface area contributed by atoms with E-state index in [2.05, 4.69) is 8.37 Å². The van der Waals surface area contributed by atoms with Gasteiger partial charge >= 0.3 is 0 Å². The minimum Gasteiger partial charge on any atom is -0.387 e. The van der Waals surface area contributed by atoms with Gasteiger partial charge in [0.2, 0.25) is 0 Å². The summed E-state index contributed by atoms with van der Waals surface area (Å²) in [4.78, 5) is 0. The van der Waals surface area contributed by atoms with Crippen molar-refractivity contribution in [1.29, 1.82) is 0 Å². The molecule has 0 saturated carbocycles. The quantitative estimate of drug-likeness (QED) is 0.435. The molecular weight excluding hydrogens is 320 g/mol. The van der Waals surface area contributed by atoms with Crippen molar-refractivity contribution < 1.29 is 45.3 Å². The third-order valence-electron chi connectivity index (χ3n) is 2.39. The van der Waals surface area contributed by atoms with Gasteiger partial charge in [0.1, 0.15) is 18.3 Å². The first-order chi connectivity index (χ1) is 8.91. The molecular formula is C8H16O10S2. The average molecular weight is 336 g/mol. The van der Waals surface area contributed by atoms with Crippen molar-refractivity contribution >= 4 is 20.2 Å². The number of hydrogen-bond donors (Lipinski definition) is 3. The second kappa shape index (κ2) is 6.19. The molecule has 1 rings (SSSR count). The van der Waals surface area contributed by atoms with Crippen LogP contribution in [0.25, 0.3) is 0 Å². The fraction of sp³-hybridized carbons (Fsp3) is 1.00. The summed E-state index contributed by atoms with van der Waals surface area (Å²) < 4.78 is 57.1. The molecule has 0 aliphatic carbocycles. The zero-order chi connectivity index (χ0) is 15.7. The lowest BCUT2D eigenvalue weighted by atomic mass is 9.99. The topological polar surface area (TPSA) is 157 Å². The number of ether oxygens (including phenoxy) is 1. The minimum atomic E-state index is -4.00. The van der Waals surface area contributed by atoms with Crippen molar-refractivity contribution in [2.75, 3.05) is 19.1 Å². The summed E-state index contributed by atoms with van der Waals surface area (Å²) in [5.41, 5.74) is 0. The van der Waals surface area contributed by atoms with Crippen molar-refractivity contribution in [2.24, 2.45) is 0 Å². The fourth-order valence-corrected chi connectivity index (χ4v) is 2.55. The monoisotopic (exact) mass is 336 g/mol. The highest BCUT2D eigenvalue weighted by atomic mass is 32.2. The van der Waals surface area contributed by atoms with Crippen molar-refractivity contribution in [1.82, 2.24) is 0 Å². The van der Waals surface area contributed by atoms with Gasteiger partial charge in [0.05, 0.1) is 19.1 Å². The van der Waals surface area contributed by atoms with Gasteiger partial charge in [-0.25, -0.2) is 0 Å². The van der Waals surface area contributed by atoms with E-state index in [0.29, 0.717) is 6.26 Å². The summed E-state index contributed by atoms with van der Waals surface area (Å²) in [6.07, 6.45) is -7.02. The zero-order valence-electron chi connectivity index (χ0n) is 10.6. The van der Waals surface area contributed by atoms with Gasteiger partial charge in [0, 0.05) is 0 Å². The molecule has 1 saturated heterocycles. The summed E-state index contributed by atoms with van der Waals surface area (Å²) >= 11 is 0. The Hall–Kier alpha value is -0.340. The Morgan fingerprint density at radius 2 is 1.55 bits per heavy atom. The Kier molecular flexibility index (Phi) is 5.48. The van der Waals surface area contributed by atoms with E-state index >= 15 is 0 Å². The van der Waals surface area contributed by atoms with Gasteiger partial charge in [-0.2, -0.15) is 16.8 Å². The molecule has 3 N–H and O–H groups in total. The number of rotatable bonds is 5. The lowest BCUT2D eigenvalue weighted by molar-refractivity contribution is -0.278. The highest BCUT2D eigenvalue weighted by molar-refractivity contribution is 7.86. The first-order valence-corrected chi connectivity index (χ1v) is 8.96. The molecule has 1 fully saturated rings. The van der Waals surface area contributed by atoms with Crippen LogP contribution >= 0.6 is 0 Å². The number of aliphatic hydroxyl groups excluding tert-OH is 3. The molecule has 1 heterocycles. The molecule has 0 amide bonds. The van der Waals surface area contributed by atoms with Crippen molar-refractivity contribution in [2.45, 2.75) is 30.7 Å². The third kappa shape index (κ3) is 5.21. The number of aliphatic hydroxyl groups is 3. The summed E-state index contributed by atoms with van der Waals surface area (Å²) in [6.45, 7) is -0.653. The zero-order valence-corrected chi connectivity index (χ0v) is 12.2. The normalized spacial score (nSPS) is 36.0. The SMILES string of the molecule is CS(=O)(=O)OC[C@@H]1O[C@H](O)[C@H](OS(C)(=O)=O)[C@H](O)[C@@H]1O. The highest BCUT2D eigenvalue weighted by Crippen LogP contribution is 2.23. The summed E-state index contributed by atoms with van der Waals surface area (Å²) in [7, 11) is -7.81. The van der Waals surface area contributed by atoms with Crippen LogP contribution in [-0.2, 0) is 33.3 Å². The molecule has 120 valence electrons. The van der Waals surface area contributed by atoms with Crippen molar-refractivity contribution in [3.05, 3.63) is 0 Å². The number of hydrogen-bond acceptors (Lipinski definition) is 10. The van der Waals surface area contributed by atoms with Crippen LogP contribution in [0.5, 0.6) is 0 Å². The molecule has 12 heteroatoms. The molecule has 0 spiro atoms. The van der Waals surface area contributed by atoms with Crippen molar-refractivity contribution in [3.63, 3.8) is 0 Å². The molecule has 0 aromatic carbocycles. The average Bonchev–Trinajstić information content (AvgIpc) is 2.25. The Morgan fingerprint density at radius 1 is 1.00 bits per heavy atom. The van der Waals surface area contributed by atoms with Crippen LogP contribution < -0.4 is 0 Å². The molecule has 1 aliphatic rings. The molecule has 0 aromatic rings. The smallest absolute Gasteiger partial charge is 0.264 e. The Bertz CT molecular complexity index is 523. The van der Waals surface area contributed by atoms with Crippen LogP contribution in [-0.4, -0.2) is 82.0 Å². The molecule has 0 unspecified atom stereocenters. The van der Waals surface area contributed by atoms with Gasteiger partial charge in [-0.1, -0.05) is 0 Å². The van der Waals surface area contributed by atoms with E-state index in [0.717, 1.165) is 6.26 Å². The standard InChI is InChI=1S/C8H16O10S2/c1-19(12,13)16-3-4-5(9)6(10)7(8(11)17-4)18-20(2,14)15/h4-11H,3H2,1-2H3/t4-,5+,6+,7+,8-/m0/s1. The van der Waals surface area contributed by atoms with Crippen LogP contribution in [0.4, 0.5) is 0 Å². The fourth-order valence-electron chi connectivity index (χ4n) is 1.55. The van der Waals surface area contributed by atoms with E-state index < -0.39 is 57.5 Å². The maximum absolute atomic E-state index is 11.0. The molecule has 20 heavy (non-hydrogen) atoms. The molecule has 0 bridgehead atoms. The van der Waals surface area contributed by atoms with Gasteiger partial charge in [-0.3, -0.25) is 8.37 Å². The van der Waals surface area contributed by atoms with E-state index in [1.54, 1.807) is 0 Å². The van der Waals surface area contributed by atoms with Gasteiger partial charge in [0.25, 0.3) is 20.2 Å². The highest BCUT2D eigenvalue weighted by Gasteiger charge is 2.46. The van der Waals surface area contributed by atoms with Crippen LogP contribution in [0.15, 0.2) is 0 Å². The first-order valence-electron chi connectivity index (χ1n) is 5.33. The molecule has 5 atom stereocenters. The third-order valence-corrected chi connectivity index (χ3v) is 3.53. The summed E-state index contributed by atoms with van der Waals surface area (Å²) in [6, 6.07) is 0. The van der Waals surface area contributed by atoms with Gasteiger partial charge in [-0.15, -0.1) is 0 Å². The molecule has 0 aromatic heterocycles. The first kappa shape index (κ1) is 17.7. The van der Waals surface area contributed by atoms with Crippen LogP contribution in [0.1, 0.15) is 0 Å². The maximum Gasteiger partial charge on any atom is 0.264 e. The molecule has 10 nitrogen and oxygen atoms in total. The molecule has 0 radical (unpaired) electrons. The van der Waals surface area contributed by atoms with Gasteiger partial charge in [0.15, 0.2) is 12.4 Å². The van der Waals surface area contributed by atoms with Gasteiger partial charge < -0.3 is 20.1 Å². The van der Waals surface area contributed by atoms with E-state index in [9.17, 15) is 32.2 Å². The van der Waals surface area contributed by atoms with Crippen LogP contribution in [0.2, 0.25) is 0 Å². The predicted molar refractivity (Wildman–Crippen MR) is 63.4 cm³/mol. The van der Waals surface area contributed by atoms with Crippen molar-refractivity contribution in [3.8, 4) is 0 Å². The lowest BCUT2D eigenvalue weighted by Gasteiger charge is -2.39. The Labute approximate surface area is 116 Å². The lowest BCUT2D eigenvalue weighted by Crippen LogP contribution is -2.59. The van der Waals surface area contributed by atoms with E-state index in [-0.39, 0.29) is 0 Å². The van der Waals surface area contributed by atoms with Gasteiger partial charge in [-0.05, 0) is 0 Å². The predicted octanol–water partition coefficient (Wildman–Crippen LogP) is -3.25. The summed E-state index contributed by atoms with van der Waals surface area (Å²) in [5.74, 6) is 0. The Balaban J connectivity index is 2.76. The maximum atomic E-state index is 11.0. The summed E-state index contributed by atoms with van der Waals surface area (Å²) in [5, 5.41) is 28.9. The minimum absolute atomic E-state index is 0.653. The van der Waals surface area contributed by atoms with Crippen LogP contribution in [0, 0.1) is 0 Å². The molecule has 1 aliphatic heterocycles. The largest absolute Gasteiger partial charge is 0.387 e. The van der Waals surface area contributed by atoms with E-state index in [1.165, 1.54) is 0 Å². The Morgan fingerprint density at radius 3 is 2.00 bits per heavy atom. The second-order valence-electron chi connectivity index (χ2n) is 4.30. The van der Waals surface area contributed by atoms with E-state index in [4.69, 9.17) is 4.74 Å². The van der Waals surface area contributed by atoms with E-state index in [1.807, 2.05) is 0 Å². The van der Waals surface area contributed by atoms with Crippen LogP contribution in [0.3, 0.4) is 0 Å².